The number of halogens is 2. The number of carbonyl (C=O) groups excluding carboxylic acids is 2. The summed E-state index contributed by atoms with van der Waals surface area (Å²) in [4.78, 5) is 25.9. The normalized spacial score (nSPS) is 10.9. The second-order valence-electron chi connectivity index (χ2n) is 6.52. The Morgan fingerprint density at radius 1 is 1.04 bits per heavy atom. The zero-order valence-corrected chi connectivity index (χ0v) is 17.3. The molecule has 0 spiro atoms. The highest BCUT2D eigenvalue weighted by atomic mass is 35.5. The molecule has 0 heterocycles. The number of aryl methyl sites for hydroxylation is 3. The van der Waals surface area contributed by atoms with Gasteiger partial charge in [0.2, 0.25) is 11.8 Å². The van der Waals surface area contributed by atoms with E-state index in [9.17, 15) is 9.59 Å². The van der Waals surface area contributed by atoms with E-state index in [4.69, 9.17) is 23.2 Å². The number of rotatable bonds is 5. The zero-order valence-electron chi connectivity index (χ0n) is 15.8. The van der Waals surface area contributed by atoms with Gasteiger partial charge in [0.25, 0.3) is 0 Å². The van der Waals surface area contributed by atoms with Crippen molar-refractivity contribution in [1.82, 2.24) is 4.90 Å². The predicted octanol–water partition coefficient (Wildman–Crippen LogP) is 5.03. The molecular formula is C21H22Cl2N2O2. The average molecular weight is 405 g/mol. The van der Waals surface area contributed by atoms with E-state index in [-0.39, 0.29) is 18.4 Å². The first-order valence-electron chi connectivity index (χ1n) is 8.43. The van der Waals surface area contributed by atoms with Crippen molar-refractivity contribution in [3.63, 3.8) is 0 Å². The fourth-order valence-electron chi connectivity index (χ4n) is 2.76. The number of amides is 2. The van der Waals surface area contributed by atoms with Crippen LogP contribution < -0.4 is 5.32 Å². The number of carbonyl (C=O) groups is 2. The minimum Gasteiger partial charge on any atom is -0.333 e. The molecule has 142 valence electrons. The number of nitrogens with zero attached hydrogens (tertiary/aromatic N) is 1. The maximum absolute atomic E-state index is 12.3. The number of hydrogen-bond donors (Lipinski definition) is 1. The monoisotopic (exact) mass is 404 g/mol. The second-order valence-corrected chi connectivity index (χ2v) is 7.34. The van der Waals surface area contributed by atoms with Gasteiger partial charge in [-0.15, -0.1) is 0 Å². The zero-order chi connectivity index (χ0) is 20.1. The van der Waals surface area contributed by atoms with Crippen LogP contribution in [0.5, 0.6) is 0 Å². The molecule has 0 aliphatic rings. The topological polar surface area (TPSA) is 49.4 Å². The molecule has 2 amide bonds. The summed E-state index contributed by atoms with van der Waals surface area (Å²) in [6.07, 6.45) is 3.03. The SMILES string of the molecule is Cc1cc(C)c(NC(=O)CN(C)C(=O)/C=C/c2ccc(Cl)c(Cl)c2)c(C)c1. The van der Waals surface area contributed by atoms with Gasteiger partial charge in [0.1, 0.15) is 0 Å². The van der Waals surface area contributed by atoms with Crippen molar-refractivity contribution in [1.29, 1.82) is 0 Å². The van der Waals surface area contributed by atoms with Gasteiger partial charge in [-0.1, -0.05) is 47.0 Å². The van der Waals surface area contributed by atoms with Gasteiger partial charge in [-0.2, -0.15) is 0 Å². The maximum atomic E-state index is 12.3. The van der Waals surface area contributed by atoms with E-state index in [1.54, 1.807) is 31.3 Å². The van der Waals surface area contributed by atoms with Crippen LogP contribution in [0.4, 0.5) is 5.69 Å². The third kappa shape index (κ3) is 5.84. The van der Waals surface area contributed by atoms with Crippen LogP contribution >= 0.6 is 23.2 Å². The van der Waals surface area contributed by atoms with Crippen LogP contribution in [0.3, 0.4) is 0 Å². The molecule has 2 aromatic carbocycles. The van der Waals surface area contributed by atoms with Crippen LogP contribution in [0.25, 0.3) is 6.08 Å². The highest BCUT2D eigenvalue weighted by Crippen LogP contribution is 2.23. The van der Waals surface area contributed by atoms with E-state index < -0.39 is 0 Å². The Balaban J connectivity index is 1.98. The highest BCUT2D eigenvalue weighted by Gasteiger charge is 2.13. The molecule has 6 heteroatoms. The van der Waals surface area contributed by atoms with Crippen LogP contribution in [0, 0.1) is 20.8 Å². The van der Waals surface area contributed by atoms with Gasteiger partial charge in [-0.25, -0.2) is 0 Å². The fraction of sp³-hybridized carbons (Fsp3) is 0.238. The average Bonchev–Trinajstić information content (AvgIpc) is 2.58. The summed E-state index contributed by atoms with van der Waals surface area (Å²) in [6, 6.07) is 9.11. The van der Waals surface area contributed by atoms with Crippen LogP contribution in [0.15, 0.2) is 36.4 Å². The largest absolute Gasteiger partial charge is 0.333 e. The van der Waals surface area contributed by atoms with Crippen molar-refractivity contribution >= 4 is 46.8 Å². The van der Waals surface area contributed by atoms with Crippen molar-refractivity contribution in [2.75, 3.05) is 18.9 Å². The summed E-state index contributed by atoms with van der Waals surface area (Å²) in [5, 5.41) is 3.76. The van der Waals surface area contributed by atoms with E-state index in [0.29, 0.717) is 10.0 Å². The number of nitrogens with one attached hydrogen (secondary N) is 1. The molecule has 4 nitrogen and oxygen atoms in total. The van der Waals surface area contributed by atoms with Crippen molar-refractivity contribution in [2.45, 2.75) is 20.8 Å². The molecule has 0 saturated heterocycles. The molecule has 2 rings (SSSR count). The minimum absolute atomic E-state index is 0.0443. The summed E-state index contributed by atoms with van der Waals surface area (Å²) >= 11 is 11.8. The Morgan fingerprint density at radius 3 is 2.26 bits per heavy atom. The third-order valence-corrected chi connectivity index (χ3v) is 4.80. The van der Waals surface area contributed by atoms with Crippen molar-refractivity contribution in [3.05, 3.63) is 68.7 Å². The number of hydrogen-bond acceptors (Lipinski definition) is 2. The van der Waals surface area contributed by atoms with Gasteiger partial charge in [0, 0.05) is 18.8 Å². The van der Waals surface area contributed by atoms with Gasteiger partial charge in [0.05, 0.1) is 16.6 Å². The van der Waals surface area contributed by atoms with E-state index in [0.717, 1.165) is 27.9 Å². The van der Waals surface area contributed by atoms with Crippen LogP contribution in [-0.4, -0.2) is 30.3 Å². The Bertz CT molecular complexity index is 884. The van der Waals surface area contributed by atoms with Crippen molar-refractivity contribution in [3.8, 4) is 0 Å². The van der Waals surface area contributed by atoms with Crippen LogP contribution in [-0.2, 0) is 9.59 Å². The van der Waals surface area contributed by atoms with E-state index >= 15 is 0 Å². The minimum atomic E-state index is -0.284. The summed E-state index contributed by atoms with van der Waals surface area (Å²) in [7, 11) is 1.58. The third-order valence-electron chi connectivity index (χ3n) is 4.06. The smallest absolute Gasteiger partial charge is 0.246 e. The van der Waals surface area contributed by atoms with Gasteiger partial charge < -0.3 is 10.2 Å². The molecule has 0 aliphatic carbocycles. The molecule has 0 aromatic heterocycles. The van der Waals surface area contributed by atoms with Crippen LogP contribution in [0.1, 0.15) is 22.3 Å². The number of benzene rings is 2. The summed E-state index contributed by atoms with van der Waals surface area (Å²) in [6.45, 7) is 5.87. The first-order valence-corrected chi connectivity index (χ1v) is 9.19. The molecule has 0 saturated carbocycles. The molecule has 2 aromatic rings. The Labute approximate surface area is 169 Å². The van der Waals surface area contributed by atoms with E-state index in [1.807, 2.05) is 32.9 Å². The molecular weight excluding hydrogens is 383 g/mol. The molecule has 0 aliphatic heterocycles. The fourth-order valence-corrected chi connectivity index (χ4v) is 3.07. The lowest BCUT2D eigenvalue weighted by Crippen LogP contribution is -2.34. The number of anilines is 1. The highest BCUT2D eigenvalue weighted by molar-refractivity contribution is 6.42. The van der Waals surface area contributed by atoms with Gasteiger partial charge in [0.15, 0.2) is 0 Å². The Kier molecular flexibility index (Phi) is 7.05. The van der Waals surface area contributed by atoms with E-state index in [1.165, 1.54) is 11.0 Å². The standard InChI is InChI=1S/C21H22Cl2N2O2/c1-13-9-14(2)21(15(3)10-13)24-19(26)12-25(4)20(27)8-6-16-5-7-17(22)18(23)11-16/h5-11H,12H2,1-4H3,(H,24,26)/b8-6+. The first kappa shape index (κ1) is 21.0. The first-order chi connectivity index (χ1) is 12.7. The molecule has 0 atom stereocenters. The lowest BCUT2D eigenvalue weighted by molar-refractivity contribution is -0.129. The lowest BCUT2D eigenvalue weighted by Gasteiger charge is -2.17. The molecule has 0 fully saturated rings. The van der Waals surface area contributed by atoms with Crippen molar-refractivity contribution in [2.24, 2.45) is 0 Å². The Hall–Kier alpha value is -2.30. The Morgan fingerprint density at radius 2 is 1.67 bits per heavy atom. The predicted molar refractivity (Wildman–Crippen MR) is 112 cm³/mol. The molecule has 27 heavy (non-hydrogen) atoms. The number of likely N-dealkylation sites (N-methyl/N-ethyl adjacent to an activating group) is 1. The second kappa shape index (κ2) is 9.07. The van der Waals surface area contributed by atoms with Gasteiger partial charge >= 0.3 is 0 Å². The van der Waals surface area contributed by atoms with Crippen LogP contribution in [0.2, 0.25) is 10.0 Å². The van der Waals surface area contributed by atoms with Gasteiger partial charge in [-0.05, 0) is 55.7 Å². The van der Waals surface area contributed by atoms with E-state index in [2.05, 4.69) is 5.32 Å². The quantitative estimate of drug-likeness (QED) is 0.710. The summed E-state index contributed by atoms with van der Waals surface area (Å²) < 4.78 is 0. The molecule has 0 bridgehead atoms. The summed E-state index contributed by atoms with van der Waals surface area (Å²) in [5.74, 6) is -0.530. The van der Waals surface area contributed by atoms with Gasteiger partial charge in [-0.3, -0.25) is 9.59 Å². The molecule has 0 unspecified atom stereocenters. The summed E-state index contributed by atoms with van der Waals surface area (Å²) in [5.41, 5.74) is 4.67. The molecule has 0 radical (unpaired) electrons. The maximum Gasteiger partial charge on any atom is 0.246 e. The lowest BCUT2D eigenvalue weighted by atomic mass is 10.1. The molecule has 1 N–H and O–H groups in total. The van der Waals surface area contributed by atoms with Crippen molar-refractivity contribution < 1.29 is 9.59 Å².